The first-order valence-electron chi connectivity index (χ1n) is 9.43. The molecule has 2 aromatic heterocycles. The summed E-state index contributed by atoms with van der Waals surface area (Å²) in [6.45, 7) is 0.562. The number of aromatic nitrogens is 2. The van der Waals surface area contributed by atoms with Gasteiger partial charge >= 0.3 is 0 Å². The van der Waals surface area contributed by atoms with Gasteiger partial charge in [0.2, 0.25) is 0 Å². The Bertz CT molecular complexity index is 1100. The van der Waals surface area contributed by atoms with Crippen molar-refractivity contribution in [2.45, 2.75) is 6.42 Å². The second-order valence-electron chi connectivity index (χ2n) is 6.65. The molecule has 0 aliphatic carbocycles. The van der Waals surface area contributed by atoms with Crippen LogP contribution in [0.5, 0.6) is 5.75 Å². The number of pyridine rings is 1. The summed E-state index contributed by atoms with van der Waals surface area (Å²) in [7, 11) is 1.63. The third-order valence-corrected chi connectivity index (χ3v) is 4.74. The standard InChI is InChI=1S/C23H22N4O2/c1-29-19-9-7-18(8-10-19)27-22-11-6-17(15-26-22)23(28)24-13-12-16-14-25-21-5-3-2-4-20(16)21/h2-11,14-15,25H,12-13H2,1H3,(H,24,28)(H,26,27). The number of fused-ring (bicyclic) bond motifs is 1. The van der Waals surface area contributed by atoms with Gasteiger partial charge in [-0.25, -0.2) is 4.98 Å². The van der Waals surface area contributed by atoms with Gasteiger partial charge in [0.15, 0.2) is 0 Å². The molecule has 0 radical (unpaired) electrons. The van der Waals surface area contributed by atoms with Crippen molar-refractivity contribution in [1.29, 1.82) is 0 Å². The number of H-pyrrole nitrogens is 1. The Labute approximate surface area is 168 Å². The van der Waals surface area contributed by atoms with Crippen LogP contribution in [0.25, 0.3) is 10.9 Å². The van der Waals surface area contributed by atoms with Crippen LogP contribution in [0.1, 0.15) is 15.9 Å². The number of carbonyl (C=O) groups is 1. The SMILES string of the molecule is COc1ccc(Nc2ccc(C(=O)NCCc3c[nH]c4ccccc34)cn2)cc1. The molecule has 0 aliphatic heterocycles. The lowest BCUT2D eigenvalue weighted by atomic mass is 10.1. The molecule has 4 rings (SSSR count). The molecule has 29 heavy (non-hydrogen) atoms. The molecule has 2 heterocycles. The molecule has 0 bridgehead atoms. The third-order valence-electron chi connectivity index (χ3n) is 4.74. The van der Waals surface area contributed by atoms with E-state index in [1.54, 1.807) is 25.4 Å². The van der Waals surface area contributed by atoms with E-state index in [4.69, 9.17) is 4.74 Å². The van der Waals surface area contributed by atoms with Crippen molar-refractivity contribution >= 4 is 28.3 Å². The first-order valence-corrected chi connectivity index (χ1v) is 9.43. The maximum atomic E-state index is 12.4. The number of nitrogens with one attached hydrogen (secondary N) is 3. The predicted octanol–water partition coefficient (Wildman–Crippen LogP) is 4.29. The van der Waals surface area contributed by atoms with Gasteiger partial charge in [-0.05, 0) is 54.4 Å². The number of hydrogen-bond acceptors (Lipinski definition) is 4. The number of hydrogen-bond donors (Lipinski definition) is 3. The molecule has 0 unspecified atom stereocenters. The zero-order valence-electron chi connectivity index (χ0n) is 16.1. The maximum Gasteiger partial charge on any atom is 0.252 e. The van der Waals surface area contributed by atoms with E-state index in [0.29, 0.717) is 17.9 Å². The van der Waals surface area contributed by atoms with Crippen LogP contribution < -0.4 is 15.4 Å². The van der Waals surface area contributed by atoms with E-state index in [2.05, 4.69) is 26.7 Å². The molecule has 0 aliphatic rings. The lowest BCUT2D eigenvalue weighted by Gasteiger charge is -2.08. The molecular weight excluding hydrogens is 364 g/mol. The average Bonchev–Trinajstić information content (AvgIpc) is 3.18. The van der Waals surface area contributed by atoms with Crippen LogP contribution >= 0.6 is 0 Å². The van der Waals surface area contributed by atoms with Crippen LogP contribution in [0.15, 0.2) is 73.1 Å². The Morgan fingerprint density at radius 2 is 1.90 bits per heavy atom. The molecule has 6 nitrogen and oxygen atoms in total. The molecular formula is C23H22N4O2. The minimum atomic E-state index is -0.131. The van der Waals surface area contributed by atoms with Crippen molar-refractivity contribution in [2.24, 2.45) is 0 Å². The van der Waals surface area contributed by atoms with Gasteiger partial charge in [-0.2, -0.15) is 0 Å². The highest BCUT2D eigenvalue weighted by Gasteiger charge is 2.08. The number of aromatic amines is 1. The summed E-state index contributed by atoms with van der Waals surface area (Å²) in [6.07, 6.45) is 4.34. The van der Waals surface area contributed by atoms with Crippen molar-refractivity contribution in [1.82, 2.24) is 15.3 Å². The number of methoxy groups -OCH3 is 1. The number of benzene rings is 2. The summed E-state index contributed by atoms with van der Waals surface area (Å²) in [4.78, 5) is 20.0. The van der Waals surface area contributed by atoms with Crippen LogP contribution in [-0.4, -0.2) is 29.5 Å². The second kappa shape index (κ2) is 8.48. The van der Waals surface area contributed by atoms with Crippen LogP contribution in [0.2, 0.25) is 0 Å². The Kier molecular flexibility index (Phi) is 5.42. The Morgan fingerprint density at radius 3 is 2.66 bits per heavy atom. The Balaban J connectivity index is 1.31. The van der Waals surface area contributed by atoms with E-state index in [-0.39, 0.29) is 5.91 Å². The molecule has 0 fully saturated rings. The van der Waals surface area contributed by atoms with Gasteiger partial charge in [0.05, 0.1) is 12.7 Å². The minimum Gasteiger partial charge on any atom is -0.497 e. The second-order valence-corrected chi connectivity index (χ2v) is 6.65. The molecule has 6 heteroatoms. The van der Waals surface area contributed by atoms with E-state index in [0.717, 1.165) is 23.4 Å². The maximum absolute atomic E-state index is 12.4. The van der Waals surface area contributed by atoms with Crippen molar-refractivity contribution in [3.8, 4) is 5.75 Å². The molecule has 2 aromatic carbocycles. The van der Waals surface area contributed by atoms with Gasteiger partial charge in [-0.15, -0.1) is 0 Å². The normalized spacial score (nSPS) is 10.7. The molecule has 146 valence electrons. The molecule has 0 saturated carbocycles. The van der Waals surface area contributed by atoms with Crippen LogP contribution in [-0.2, 0) is 6.42 Å². The lowest BCUT2D eigenvalue weighted by Crippen LogP contribution is -2.25. The highest BCUT2D eigenvalue weighted by Crippen LogP contribution is 2.19. The summed E-state index contributed by atoms with van der Waals surface area (Å²) in [5, 5.41) is 7.35. The molecule has 0 atom stereocenters. The molecule has 4 aromatic rings. The molecule has 0 spiro atoms. The number of rotatable bonds is 7. The van der Waals surface area contributed by atoms with Crippen LogP contribution in [0.4, 0.5) is 11.5 Å². The summed E-state index contributed by atoms with van der Waals surface area (Å²) in [5.41, 5.74) is 3.73. The molecule has 1 amide bonds. The number of para-hydroxylation sites is 1. The van der Waals surface area contributed by atoms with Crippen molar-refractivity contribution in [2.75, 3.05) is 19.0 Å². The fourth-order valence-corrected chi connectivity index (χ4v) is 3.18. The summed E-state index contributed by atoms with van der Waals surface area (Å²) < 4.78 is 5.15. The van der Waals surface area contributed by atoms with Crippen LogP contribution in [0.3, 0.4) is 0 Å². The predicted molar refractivity (Wildman–Crippen MR) is 115 cm³/mol. The Hall–Kier alpha value is -3.80. The minimum absolute atomic E-state index is 0.131. The quantitative estimate of drug-likeness (QED) is 0.443. The van der Waals surface area contributed by atoms with Gasteiger partial charge in [0.1, 0.15) is 11.6 Å². The van der Waals surface area contributed by atoms with Gasteiger partial charge < -0.3 is 20.4 Å². The third kappa shape index (κ3) is 4.38. The van der Waals surface area contributed by atoms with E-state index in [1.165, 1.54) is 10.9 Å². The first kappa shape index (κ1) is 18.6. The van der Waals surface area contributed by atoms with Crippen molar-refractivity contribution in [3.05, 3.63) is 84.2 Å². The summed E-state index contributed by atoms with van der Waals surface area (Å²) in [5.74, 6) is 1.34. The highest BCUT2D eigenvalue weighted by molar-refractivity contribution is 5.94. The zero-order valence-corrected chi connectivity index (χ0v) is 16.1. The van der Waals surface area contributed by atoms with Crippen molar-refractivity contribution in [3.63, 3.8) is 0 Å². The number of carbonyl (C=O) groups excluding carboxylic acids is 1. The van der Waals surface area contributed by atoms with Gasteiger partial charge in [-0.1, -0.05) is 18.2 Å². The van der Waals surface area contributed by atoms with E-state index >= 15 is 0 Å². The zero-order chi connectivity index (χ0) is 20.1. The van der Waals surface area contributed by atoms with Crippen LogP contribution in [0, 0.1) is 0 Å². The van der Waals surface area contributed by atoms with E-state index in [1.807, 2.05) is 48.7 Å². The highest BCUT2D eigenvalue weighted by atomic mass is 16.5. The fourth-order valence-electron chi connectivity index (χ4n) is 3.18. The lowest BCUT2D eigenvalue weighted by molar-refractivity contribution is 0.0954. The largest absolute Gasteiger partial charge is 0.497 e. The van der Waals surface area contributed by atoms with E-state index < -0.39 is 0 Å². The molecule has 3 N–H and O–H groups in total. The smallest absolute Gasteiger partial charge is 0.252 e. The topological polar surface area (TPSA) is 79.0 Å². The summed E-state index contributed by atoms with van der Waals surface area (Å²) in [6, 6.07) is 19.3. The Morgan fingerprint density at radius 1 is 1.07 bits per heavy atom. The van der Waals surface area contributed by atoms with Gasteiger partial charge in [0.25, 0.3) is 5.91 Å². The number of ether oxygens (including phenoxy) is 1. The fraction of sp³-hybridized carbons (Fsp3) is 0.130. The van der Waals surface area contributed by atoms with Crippen molar-refractivity contribution < 1.29 is 9.53 Å². The molecule has 0 saturated heterocycles. The monoisotopic (exact) mass is 386 g/mol. The number of amides is 1. The number of anilines is 2. The average molecular weight is 386 g/mol. The summed E-state index contributed by atoms with van der Waals surface area (Å²) >= 11 is 0. The van der Waals surface area contributed by atoms with Gasteiger partial charge in [-0.3, -0.25) is 4.79 Å². The first-order chi connectivity index (χ1) is 14.2. The van der Waals surface area contributed by atoms with E-state index in [9.17, 15) is 4.79 Å². The van der Waals surface area contributed by atoms with Gasteiger partial charge in [0, 0.05) is 35.5 Å². The number of nitrogens with zero attached hydrogens (tertiary/aromatic N) is 1.